The Morgan fingerprint density at radius 2 is 0.606 bits per heavy atom. The van der Waals surface area contributed by atoms with Gasteiger partial charge in [-0.15, -0.1) is 0 Å². The van der Waals surface area contributed by atoms with Crippen molar-refractivity contribution in [2.75, 3.05) is 26.4 Å². The zero-order valence-corrected chi connectivity index (χ0v) is 44.1. The van der Waals surface area contributed by atoms with Crippen LogP contribution in [0, 0.1) is 0 Å². The molecule has 0 rings (SSSR count). The molecule has 392 valence electrons. The van der Waals surface area contributed by atoms with Gasteiger partial charge in [-0.05, 0) is 19.3 Å². The molecule has 0 aliphatic heterocycles. The van der Waals surface area contributed by atoms with Gasteiger partial charge in [-0.25, -0.2) is 4.57 Å². The fourth-order valence-electron chi connectivity index (χ4n) is 8.24. The first kappa shape index (κ1) is 64.5. The van der Waals surface area contributed by atoms with Crippen LogP contribution in [0.25, 0.3) is 0 Å². The van der Waals surface area contributed by atoms with Crippen LogP contribution in [0.15, 0.2) is 0 Å². The van der Waals surface area contributed by atoms with E-state index in [4.69, 9.17) is 23.3 Å². The monoisotopic (exact) mass is 961 g/mol. The average Bonchev–Trinajstić information content (AvgIpc) is 3.30. The first-order valence-corrected chi connectivity index (χ1v) is 29.4. The van der Waals surface area contributed by atoms with Gasteiger partial charge in [0.1, 0.15) is 12.7 Å². The lowest BCUT2D eigenvalue weighted by molar-refractivity contribution is -0.161. The van der Waals surface area contributed by atoms with Crippen molar-refractivity contribution < 1.29 is 52.2 Å². The minimum atomic E-state index is -4.73. The first-order valence-electron chi connectivity index (χ1n) is 27.9. The third-order valence-electron chi connectivity index (χ3n) is 12.5. The Bertz CT molecular complexity index is 1120. The summed E-state index contributed by atoms with van der Waals surface area (Å²) in [7, 11) is -4.73. The lowest BCUT2D eigenvalue weighted by Gasteiger charge is -2.21. The fourth-order valence-corrected chi connectivity index (χ4v) is 9.02. The number of carbonyl (C=O) groups is 3. The number of aliphatic hydroxyl groups is 1. The number of hydrogen-bond acceptors (Lipinski definition) is 10. The smallest absolute Gasteiger partial charge is 0.462 e. The molecule has 3 atom stereocenters. The molecule has 0 aliphatic rings. The molecule has 12 heteroatoms. The van der Waals surface area contributed by atoms with Crippen molar-refractivity contribution in [3.05, 3.63) is 0 Å². The Balaban J connectivity index is 4.65. The van der Waals surface area contributed by atoms with Crippen LogP contribution in [-0.2, 0) is 42.2 Å². The fraction of sp³-hybridized carbons (Fsp3) is 0.944. The van der Waals surface area contributed by atoms with Gasteiger partial charge >= 0.3 is 25.7 Å². The minimum absolute atomic E-state index is 0.178. The summed E-state index contributed by atoms with van der Waals surface area (Å²) in [5, 5.41) is 9.78. The molecule has 0 amide bonds. The maximum Gasteiger partial charge on any atom is 0.472 e. The molecule has 0 saturated heterocycles. The van der Waals surface area contributed by atoms with Crippen LogP contribution >= 0.6 is 7.82 Å². The van der Waals surface area contributed by atoms with Gasteiger partial charge in [0.15, 0.2) is 6.10 Å². The standard InChI is InChI=1S/C54H105O11P/c1-4-7-10-13-16-19-22-24-25-27-30-33-36-39-42-45-54(58)65-51(47-61-52(56)43-40-37-34-31-28-21-18-15-12-9-6-3)49-63-66(59,60)62-48-50(46-55)64-53(57)44-41-38-35-32-29-26-23-20-17-14-11-8-5-2/h50-51,55H,4-49H2,1-3H3,(H,59,60). The molecule has 0 fully saturated rings. The third kappa shape index (κ3) is 47.5. The third-order valence-corrected chi connectivity index (χ3v) is 13.5. The first-order chi connectivity index (χ1) is 32.2. The molecule has 11 nitrogen and oxygen atoms in total. The molecule has 2 N–H and O–H groups in total. The topological polar surface area (TPSA) is 155 Å². The summed E-state index contributed by atoms with van der Waals surface area (Å²) >= 11 is 0. The number of phosphoric acid groups is 1. The van der Waals surface area contributed by atoms with Gasteiger partial charge in [-0.3, -0.25) is 23.4 Å². The summed E-state index contributed by atoms with van der Waals surface area (Å²) in [5.41, 5.74) is 0. The van der Waals surface area contributed by atoms with Crippen molar-refractivity contribution in [3.8, 4) is 0 Å². The molecule has 0 saturated carbocycles. The molecule has 0 heterocycles. The van der Waals surface area contributed by atoms with Gasteiger partial charge in [0.05, 0.1) is 19.8 Å². The molecule has 0 aromatic carbocycles. The van der Waals surface area contributed by atoms with E-state index in [1.807, 2.05) is 0 Å². The average molecular weight is 961 g/mol. The van der Waals surface area contributed by atoms with E-state index in [-0.39, 0.29) is 25.9 Å². The van der Waals surface area contributed by atoms with Gasteiger partial charge in [-0.2, -0.15) is 0 Å². The Morgan fingerprint density at radius 1 is 0.364 bits per heavy atom. The summed E-state index contributed by atoms with van der Waals surface area (Å²) in [6.45, 7) is 4.69. The van der Waals surface area contributed by atoms with E-state index in [2.05, 4.69) is 20.8 Å². The zero-order chi connectivity index (χ0) is 48.4. The predicted octanol–water partition coefficient (Wildman–Crippen LogP) is 15.9. The normalized spacial score (nSPS) is 13.3. The highest BCUT2D eigenvalue weighted by Crippen LogP contribution is 2.43. The quantitative estimate of drug-likeness (QED) is 0.0259. The van der Waals surface area contributed by atoms with E-state index in [1.165, 1.54) is 173 Å². The number of esters is 3. The molecule has 0 aromatic heterocycles. The summed E-state index contributed by atoms with van der Waals surface area (Å²) in [6.07, 6.45) is 44.9. The number of rotatable bonds is 53. The van der Waals surface area contributed by atoms with Crippen LogP contribution < -0.4 is 0 Å². The second kappa shape index (κ2) is 49.9. The second-order valence-corrected chi connectivity index (χ2v) is 20.6. The Hall–Kier alpha value is -1.52. The molecule has 0 radical (unpaired) electrons. The highest BCUT2D eigenvalue weighted by Gasteiger charge is 2.28. The number of aliphatic hydroxyl groups excluding tert-OH is 1. The van der Waals surface area contributed by atoms with Gasteiger partial charge in [-0.1, -0.05) is 252 Å². The van der Waals surface area contributed by atoms with Gasteiger partial charge in [0.25, 0.3) is 0 Å². The van der Waals surface area contributed by atoms with Crippen LogP contribution in [0.1, 0.15) is 290 Å². The predicted molar refractivity (Wildman–Crippen MR) is 270 cm³/mol. The Kier molecular flexibility index (Phi) is 48.7. The maximum absolute atomic E-state index is 12.9. The van der Waals surface area contributed by atoms with Crippen molar-refractivity contribution in [1.82, 2.24) is 0 Å². The van der Waals surface area contributed by atoms with Crippen molar-refractivity contribution in [3.63, 3.8) is 0 Å². The van der Waals surface area contributed by atoms with Crippen LogP contribution in [0.4, 0.5) is 0 Å². The van der Waals surface area contributed by atoms with Crippen molar-refractivity contribution in [2.45, 2.75) is 303 Å². The number of ether oxygens (including phenoxy) is 3. The number of hydrogen-bond donors (Lipinski definition) is 2. The van der Waals surface area contributed by atoms with Crippen molar-refractivity contribution in [2.24, 2.45) is 0 Å². The summed E-state index contributed by atoms with van der Waals surface area (Å²) in [6, 6.07) is 0. The molecule has 66 heavy (non-hydrogen) atoms. The summed E-state index contributed by atoms with van der Waals surface area (Å²) in [4.78, 5) is 48.4. The zero-order valence-electron chi connectivity index (χ0n) is 43.2. The number of carbonyl (C=O) groups excluding carboxylic acids is 3. The van der Waals surface area contributed by atoms with E-state index in [0.717, 1.165) is 57.8 Å². The van der Waals surface area contributed by atoms with Gasteiger partial charge in [0, 0.05) is 19.3 Å². The highest BCUT2D eigenvalue weighted by atomic mass is 31.2. The second-order valence-electron chi connectivity index (χ2n) is 19.1. The lowest BCUT2D eigenvalue weighted by Crippen LogP contribution is -2.30. The molecule has 0 spiro atoms. The van der Waals surface area contributed by atoms with Crippen LogP contribution in [0.3, 0.4) is 0 Å². The van der Waals surface area contributed by atoms with E-state index < -0.39 is 57.8 Å². The van der Waals surface area contributed by atoms with E-state index in [0.29, 0.717) is 19.3 Å². The molecular weight excluding hydrogens is 856 g/mol. The summed E-state index contributed by atoms with van der Waals surface area (Å²) in [5.74, 6) is -1.43. The molecule has 3 unspecified atom stereocenters. The molecule has 0 bridgehead atoms. The van der Waals surface area contributed by atoms with Crippen molar-refractivity contribution in [1.29, 1.82) is 0 Å². The molecule has 0 aromatic rings. The van der Waals surface area contributed by atoms with Gasteiger partial charge < -0.3 is 24.2 Å². The molecular formula is C54H105O11P. The Labute approximate surface area is 405 Å². The van der Waals surface area contributed by atoms with E-state index in [1.54, 1.807) is 0 Å². The molecule has 0 aliphatic carbocycles. The van der Waals surface area contributed by atoms with E-state index >= 15 is 0 Å². The van der Waals surface area contributed by atoms with Gasteiger partial charge in [0.2, 0.25) is 0 Å². The van der Waals surface area contributed by atoms with Crippen molar-refractivity contribution >= 4 is 25.7 Å². The van der Waals surface area contributed by atoms with Crippen LogP contribution in [-0.4, -0.2) is 66.5 Å². The largest absolute Gasteiger partial charge is 0.472 e. The number of unbranched alkanes of at least 4 members (excludes halogenated alkanes) is 36. The SMILES string of the molecule is CCCCCCCCCCCCCCCCCC(=O)OC(COC(=O)CCCCCCCCCCCCC)COP(=O)(O)OCC(CO)OC(=O)CCCCCCCCCCCCCCC. The van der Waals surface area contributed by atoms with Crippen LogP contribution in [0.2, 0.25) is 0 Å². The summed E-state index contributed by atoms with van der Waals surface area (Å²) < 4.78 is 39.4. The lowest BCUT2D eigenvalue weighted by atomic mass is 10.0. The number of phosphoric ester groups is 1. The highest BCUT2D eigenvalue weighted by molar-refractivity contribution is 7.47. The van der Waals surface area contributed by atoms with E-state index in [9.17, 15) is 28.9 Å². The minimum Gasteiger partial charge on any atom is -0.462 e. The maximum atomic E-state index is 12.9. The Morgan fingerprint density at radius 3 is 0.894 bits per heavy atom. The van der Waals surface area contributed by atoms with Crippen LogP contribution in [0.5, 0.6) is 0 Å².